The van der Waals surface area contributed by atoms with Gasteiger partial charge in [-0.2, -0.15) is 0 Å². The van der Waals surface area contributed by atoms with Crippen molar-refractivity contribution in [2.75, 3.05) is 5.32 Å². The van der Waals surface area contributed by atoms with Crippen LogP contribution in [0.4, 0.5) is 5.69 Å². The number of carbonyl (C=O) groups excluding carboxylic acids is 1. The van der Waals surface area contributed by atoms with Gasteiger partial charge in [0, 0.05) is 24.1 Å². The molecular formula is C18H17NO4. The summed E-state index contributed by atoms with van der Waals surface area (Å²) in [4.78, 5) is 23.3. The van der Waals surface area contributed by atoms with Crippen molar-refractivity contribution in [3.05, 3.63) is 58.1 Å². The zero-order chi connectivity index (χ0) is 16.7. The van der Waals surface area contributed by atoms with Crippen LogP contribution >= 0.6 is 0 Å². The molecule has 2 aromatic rings. The number of benzene rings is 2. The number of aryl methyl sites for hydroxylation is 2. The van der Waals surface area contributed by atoms with E-state index >= 15 is 0 Å². The predicted molar refractivity (Wildman–Crippen MR) is 86.1 cm³/mol. The zero-order valence-electron chi connectivity index (χ0n) is 12.9. The molecule has 0 spiro atoms. The predicted octanol–water partition coefficient (Wildman–Crippen LogP) is 3.18. The van der Waals surface area contributed by atoms with Crippen molar-refractivity contribution in [1.82, 2.24) is 0 Å². The lowest BCUT2D eigenvalue weighted by Gasteiger charge is -2.28. The summed E-state index contributed by atoms with van der Waals surface area (Å²) in [6, 6.07) is 8.79. The van der Waals surface area contributed by atoms with E-state index in [0.717, 1.165) is 16.7 Å². The van der Waals surface area contributed by atoms with Crippen LogP contribution in [0.3, 0.4) is 0 Å². The minimum absolute atomic E-state index is 0.147. The van der Waals surface area contributed by atoms with Crippen LogP contribution in [0.15, 0.2) is 30.3 Å². The highest BCUT2D eigenvalue weighted by Gasteiger charge is 2.29. The number of nitrogens with one attached hydrogen (secondary N) is 1. The average Bonchev–Trinajstić information content (AvgIpc) is 2.47. The second kappa shape index (κ2) is 5.43. The van der Waals surface area contributed by atoms with Crippen molar-refractivity contribution in [3.63, 3.8) is 0 Å². The van der Waals surface area contributed by atoms with Gasteiger partial charge in [-0.05, 0) is 36.6 Å². The number of carboxylic acid groups (broad SMARTS) is 1. The molecule has 23 heavy (non-hydrogen) atoms. The Bertz CT molecular complexity index is 826. The molecule has 5 heteroatoms. The van der Waals surface area contributed by atoms with E-state index in [9.17, 15) is 19.8 Å². The fraction of sp³-hybridized carbons (Fsp3) is 0.222. The summed E-state index contributed by atoms with van der Waals surface area (Å²) in [6.45, 7) is 3.95. The number of anilines is 1. The summed E-state index contributed by atoms with van der Waals surface area (Å²) >= 11 is 0. The molecule has 1 aliphatic rings. The van der Waals surface area contributed by atoms with Gasteiger partial charge in [-0.15, -0.1) is 0 Å². The number of rotatable bonds is 2. The molecule has 5 nitrogen and oxygen atoms in total. The molecule has 0 fully saturated rings. The number of phenols is 1. The number of carboxylic acids is 1. The Hall–Kier alpha value is -2.82. The van der Waals surface area contributed by atoms with Crippen LogP contribution in [0, 0.1) is 13.8 Å². The Morgan fingerprint density at radius 1 is 1.17 bits per heavy atom. The minimum atomic E-state index is -1.19. The molecule has 0 saturated carbocycles. The van der Waals surface area contributed by atoms with Crippen molar-refractivity contribution in [1.29, 1.82) is 0 Å². The molecule has 1 unspecified atom stereocenters. The molecule has 118 valence electrons. The van der Waals surface area contributed by atoms with Gasteiger partial charge in [-0.25, -0.2) is 4.79 Å². The first-order valence-electron chi connectivity index (χ1n) is 7.34. The molecule has 0 aliphatic carbocycles. The molecular weight excluding hydrogens is 294 g/mol. The molecule has 1 atom stereocenters. The summed E-state index contributed by atoms with van der Waals surface area (Å²) in [6.07, 6.45) is 0.251. The van der Waals surface area contributed by atoms with Crippen molar-refractivity contribution < 1.29 is 19.8 Å². The van der Waals surface area contributed by atoms with Crippen LogP contribution in [0.5, 0.6) is 5.75 Å². The zero-order valence-corrected chi connectivity index (χ0v) is 12.9. The third-order valence-corrected chi connectivity index (χ3v) is 4.25. The Morgan fingerprint density at radius 2 is 1.91 bits per heavy atom. The summed E-state index contributed by atoms with van der Waals surface area (Å²) < 4.78 is 0. The van der Waals surface area contributed by atoms with Gasteiger partial charge in [0.25, 0.3) is 0 Å². The second-order valence-corrected chi connectivity index (χ2v) is 5.93. The number of fused-ring (bicyclic) bond motifs is 1. The minimum Gasteiger partial charge on any atom is -0.507 e. The highest BCUT2D eigenvalue weighted by Crippen LogP contribution is 2.41. The van der Waals surface area contributed by atoms with Crippen LogP contribution < -0.4 is 5.32 Å². The topological polar surface area (TPSA) is 86.6 Å². The SMILES string of the molecule is Cc1ccc(C)c(C2CC(=O)Nc3cc(O)c(C(=O)O)cc32)c1. The average molecular weight is 311 g/mol. The number of aromatic carboxylic acids is 1. The van der Waals surface area contributed by atoms with Gasteiger partial charge in [-0.3, -0.25) is 4.79 Å². The van der Waals surface area contributed by atoms with E-state index in [2.05, 4.69) is 5.32 Å². The van der Waals surface area contributed by atoms with Crippen molar-refractivity contribution in [2.45, 2.75) is 26.2 Å². The molecule has 1 amide bonds. The van der Waals surface area contributed by atoms with Gasteiger partial charge in [0.15, 0.2) is 0 Å². The summed E-state index contributed by atoms with van der Waals surface area (Å²) in [5.41, 5.74) is 4.16. The number of carbonyl (C=O) groups is 2. The highest BCUT2D eigenvalue weighted by atomic mass is 16.4. The third-order valence-electron chi connectivity index (χ3n) is 4.25. The van der Waals surface area contributed by atoms with Gasteiger partial charge >= 0.3 is 5.97 Å². The smallest absolute Gasteiger partial charge is 0.339 e. The van der Waals surface area contributed by atoms with E-state index < -0.39 is 5.97 Å². The Morgan fingerprint density at radius 3 is 2.61 bits per heavy atom. The van der Waals surface area contributed by atoms with Crippen LogP contribution in [0.2, 0.25) is 0 Å². The Labute approximate surface area is 133 Å². The van der Waals surface area contributed by atoms with E-state index in [-0.39, 0.29) is 29.6 Å². The largest absolute Gasteiger partial charge is 0.507 e. The normalized spacial score (nSPS) is 16.6. The Balaban J connectivity index is 2.21. The number of amides is 1. The number of hydrogen-bond donors (Lipinski definition) is 3. The van der Waals surface area contributed by atoms with Crippen LogP contribution in [-0.4, -0.2) is 22.1 Å². The van der Waals surface area contributed by atoms with Gasteiger partial charge in [0.1, 0.15) is 11.3 Å². The fourth-order valence-electron chi connectivity index (χ4n) is 3.08. The lowest BCUT2D eigenvalue weighted by atomic mass is 9.81. The standard InChI is InChI=1S/C18H17NO4/c1-9-3-4-10(2)11(5-9)12-7-17(21)19-15-8-16(20)14(18(22)23)6-13(12)15/h3-6,8,12,20H,7H2,1-2H3,(H,19,21)(H,22,23). The summed E-state index contributed by atoms with van der Waals surface area (Å²) in [5, 5.41) is 21.8. The van der Waals surface area contributed by atoms with E-state index in [1.807, 2.05) is 32.0 Å². The van der Waals surface area contributed by atoms with Crippen molar-refractivity contribution in [2.24, 2.45) is 0 Å². The van der Waals surface area contributed by atoms with Gasteiger partial charge in [0.05, 0.1) is 0 Å². The molecule has 1 heterocycles. The van der Waals surface area contributed by atoms with Crippen molar-refractivity contribution in [3.8, 4) is 5.75 Å². The number of hydrogen-bond acceptors (Lipinski definition) is 3. The Kier molecular flexibility index (Phi) is 3.56. The van der Waals surface area contributed by atoms with E-state index in [0.29, 0.717) is 11.3 Å². The van der Waals surface area contributed by atoms with Crippen LogP contribution in [0.1, 0.15) is 45.0 Å². The first kappa shape index (κ1) is 15.1. The molecule has 3 rings (SSSR count). The molecule has 1 aliphatic heterocycles. The monoisotopic (exact) mass is 311 g/mol. The van der Waals surface area contributed by atoms with E-state index in [4.69, 9.17) is 0 Å². The van der Waals surface area contributed by atoms with Gasteiger partial charge in [-0.1, -0.05) is 23.8 Å². The molecule has 0 radical (unpaired) electrons. The third kappa shape index (κ3) is 2.65. The van der Waals surface area contributed by atoms with Crippen LogP contribution in [0.25, 0.3) is 0 Å². The number of aromatic hydroxyl groups is 1. The maximum atomic E-state index is 12.0. The molecule has 2 aromatic carbocycles. The van der Waals surface area contributed by atoms with E-state index in [1.165, 1.54) is 12.1 Å². The highest BCUT2D eigenvalue weighted by molar-refractivity contribution is 5.98. The van der Waals surface area contributed by atoms with Gasteiger partial charge in [0.2, 0.25) is 5.91 Å². The van der Waals surface area contributed by atoms with Crippen molar-refractivity contribution >= 4 is 17.6 Å². The fourth-order valence-corrected chi connectivity index (χ4v) is 3.08. The molecule has 3 N–H and O–H groups in total. The summed E-state index contributed by atoms with van der Waals surface area (Å²) in [5.74, 6) is -1.91. The van der Waals surface area contributed by atoms with E-state index in [1.54, 1.807) is 0 Å². The quantitative estimate of drug-likeness (QED) is 0.795. The first-order chi connectivity index (χ1) is 10.9. The van der Waals surface area contributed by atoms with Crippen LogP contribution in [-0.2, 0) is 4.79 Å². The maximum absolute atomic E-state index is 12.0. The molecule has 0 saturated heterocycles. The lowest BCUT2D eigenvalue weighted by molar-refractivity contribution is -0.116. The first-order valence-corrected chi connectivity index (χ1v) is 7.34. The second-order valence-electron chi connectivity index (χ2n) is 5.93. The lowest BCUT2D eigenvalue weighted by Crippen LogP contribution is -2.24. The summed E-state index contributed by atoms with van der Waals surface area (Å²) in [7, 11) is 0. The molecule has 0 bridgehead atoms. The maximum Gasteiger partial charge on any atom is 0.339 e. The molecule has 0 aromatic heterocycles. The van der Waals surface area contributed by atoms with Gasteiger partial charge < -0.3 is 15.5 Å².